The lowest BCUT2D eigenvalue weighted by atomic mass is 10.1. The van der Waals surface area contributed by atoms with Gasteiger partial charge in [0.25, 0.3) is 0 Å². The Bertz CT molecular complexity index is 806. The van der Waals surface area contributed by atoms with Gasteiger partial charge in [0.2, 0.25) is 0 Å². The lowest BCUT2D eigenvalue weighted by Gasteiger charge is -2.29. The second-order valence-corrected chi connectivity index (χ2v) is 7.98. The maximum absolute atomic E-state index is 10.4. The van der Waals surface area contributed by atoms with E-state index in [0.717, 1.165) is 43.5 Å². The molecular formula is C25H36N4O2. The van der Waals surface area contributed by atoms with Crippen molar-refractivity contribution in [3.05, 3.63) is 65.7 Å². The van der Waals surface area contributed by atoms with Crippen LogP contribution in [-0.4, -0.2) is 61.9 Å². The van der Waals surface area contributed by atoms with Gasteiger partial charge in [-0.05, 0) is 56.1 Å². The van der Waals surface area contributed by atoms with Gasteiger partial charge in [-0.25, -0.2) is 0 Å². The number of nitrogens with zero attached hydrogens (tertiary/aromatic N) is 2. The summed E-state index contributed by atoms with van der Waals surface area (Å²) in [5.41, 5.74) is 2.36. The van der Waals surface area contributed by atoms with E-state index in [1.807, 2.05) is 36.4 Å². The van der Waals surface area contributed by atoms with Crippen molar-refractivity contribution in [2.45, 2.75) is 38.3 Å². The molecule has 0 radical (unpaired) electrons. The predicted octanol–water partition coefficient (Wildman–Crippen LogP) is 2.99. The fraction of sp³-hybridized carbons (Fsp3) is 0.480. The van der Waals surface area contributed by atoms with Gasteiger partial charge in [0, 0.05) is 19.5 Å². The molecule has 0 bridgehead atoms. The molecule has 1 aliphatic rings. The van der Waals surface area contributed by atoms with Crippen molar-refractivity contribution in [2.24, 2.45) is 4.99 Å². The summed E-state index contributed by atoms with van der Waals surface area (Å²) in [6.45, 7) is 6.14. The number of nitrogens with one attached hydrogen (secondary N) is 2. The fourth-order valence-corrected chi connectivity index (χ4v) is 4.04. The Morgan fingerprint density at radius 2 is 1.87 bits per heavy atom. The largest absolute Gasteiger partial charge is 0.497 e. The van der Waals surface area contributed by atoms with E-state index in [2.05, 4.69) is 45.6 Å². The number of aliphatic hydroxyl groups is 1. The number of rotatable bonds is 10. The molecule has 0 spiro atoms. The minimum absolute atomic E-state index is 0.246. The molecule has 6 nitrogen and oxygen atoms in total. The van der Waals surface area contributed by atoms with E-state index in [1.54, 1.807) is 7.11 Å². The lowest BCUT2D eigenvalue weighted by Crippen LogP contribution is -2.43. The van der Waals surface area contributed by atoms with Gasteiger partial charge in [0.05, 0.1) is 25.8 Å². The zero-order valence-electron chi connectivity index (χ0n) is 18.8. The number of likely N-dealkylation sites (tertiary alicyclic amines) is 1. The minimum Gasteiger partial charge on any atom is -0.497 e. The molecule has 3 N–H and O–H groups in total. The number of hydrogen-bond donors (Lipinski definition) is 3. The molecule has 0 aliphatic carbocycles. The zero-order chi connectivity index (χ0) is 21.9. The summed E-state index contributed by atoms with van der Waals surface area (Å²) in [5.74, 6) is 1.62. The summed E-state index contributed by atoms with van der Waals surface area (Å²) in [7, 11) is 1.71. The van der Waals surface area contributed by atoms with Gasteiger partial charge < -0.3 is 20.5 Å². The molecule has 31 heavy (non-hydrogen) atoms. The van der Waals surface area contributed by atoms with Crippen LogP contribution < -0.4 is 15.4 Å². The van der Waals surface area contributed by atoms with E-state index in [9.17, 15) is 5.11 Å². The fourth-order valence-electron chi connectivity index (χ4n) is 4.04. The maximum Gasteiger partial charge on any atom is 0.191 e. The molecule has 0 aromatic heterocycles. The van der Waals surface area contributed by atoms with Crippen molar-refractivity contribution in [3.8, 4) is 5.75 Å². The summed E-state index contributed by atoms with van der Waals surface area (Å²) >= 11 is 0. The SMILES string of the molecule is CCNC(=NCC(O)Cc1ccccc1)NCC(c1cccc(OC)c1)N1CCCC1. The molecule has 168 valence electrons. The first-order valence-electron chi connectivity index (χ1n) is 11.3. The molecule has 0 amide bonds. The lowest BCUT2D eigenvalue weighted by molar-refractivity contribution is 0.183. The van der Waals surface area contributed by atoms with Crippen LogP contribution in [-0.2, 0) is 6.42 Å². The van der Waals surface area contributed by atoms with E-state index in [1.165, 1.54) is 18.4 Å². The molecule has 2 aromatic carbocycles. The van der Waals surface area contributed by atoms with Crippen LogP contribution in [0.25, 0.3) is 0 Å². The molecular weight excluding hydrogens is 388 g/mol. The monoisotopic (exact) mass is 424 g/mol. The third kappa shape index (κ3) is 7.26. The smallest absolute Gasteiger partial charge is 0.191 e. The maximum atomic E-state index is 10.4. The van der Waals surface area contributed by atoms with Crippen LogP contribution in [0.1, 0.15) is 36.9 Å². The highest BCUT2D eigenvalue weighted by molar-refractivity contribution is 5.79. The summed E-state index contributed by atoms with van der Waals surface area (Å²) in [5, 5.41) is 17.2. The van der Waals surface area contributed by atoms with Crippen molar-refractivity contribution < 1.29 is 9.84 Å². The van der Waals surface area contributed by atoms with E-state index in [4.69, 9.17) is 4.74 Å². The Morgan fingerprint density at radius 3 is 2.58 bits per heavy atom. The predicted molar refractivity (Wildman–Crippen MR) is 127 cm³/mol. The van der Waals surface area contributed by atoms with Gasteiger partial charge in [-0.1, -0.05) is 42.5 Å². The standard InChI is InChI=1S/C25H36N4O2/c1-3-26-25(27-18-22(30)16-20-10-5-4-6-11-20)28-19-24(29-14-7-8-15-29)21-12-9-13-23(17-21)31-2/h4-6,9-13,17,22,24,30H,3,7-8,14-16,18-19H2,1-2H3,(H2,26,27,28). The van der Waals surface area contributed by atoms with Crippen LogP contribution in [0.5, 0.6) is 5.75 Å². The Balaban J connectivity index is 1.64. The van der Waals surface area contributed by atoms with Gasteiger partial charge in [-0.15, -0.1) is 0 Å². The van der Waals surface area contributed by atoms with Crippen LogP contribution in [0, 0.1) is 0 Å². The molecule has 1 saturated heterocycles. The summed E-state index contributed by atoms with van der Waals surface area (Å²) in [6.07, 6.45) is 2.57. The molecule has 1 fully saturated rings. The average molecular weight is 425 g/mol. The molecule has 1 heterocycles. The van der Waals surface area contributed by atoms with Crippen molar-refractivity contribution >= 4 is 5.96 Å². The number of hydrogen-bond acceptors (Lipinski definition) is 4. The number of guanidine groups is 1. The number of methoxy groups -OCH3 is 1. The molecule has 0 saturated carbocycles. The first kappa shape index (κ1) is 23.1. The number of ether oxygens (including phenoxy) is 1. The first-order chi connectivity index (χ1) is 15.2. The van der Waals surface area contributed by atoms with Gasteiger partial charge in [0.15, 0.2) is 5.96 Å². The quantitative estimate of drug-likeness (QED) is 0.404. The number of aliphatic imine (C=N–C) groups is 1. The van der Waals surface area contributed by atoms with Crippen LogP contribution >= 0.6 is 0 Å². The highest BCUT2D eigenvalue weighted by atomic mass is 16.5. The Labute approximate surface area is 186 Å². The number of benzene rings is 2. The summed E-state index contributed by atoms with van der Waals surface area (Å²) < 4.78 is 5.44. The van der Waals surface area contributed by atoms with Crippen molar-refractivity contribution in [3.63, 3.8) is 0 Å². The second kappa shape index (κ2) is 12.3. The normalized spacial score (nSPS) is 16.7. The van der Waals surface area contributed by atoms with Gasteiger partial charge in [0.1, 0.15) is 5.75 Å². The minimum atomic E-state index is -0.509. The molecule has 3 rings (SSSR count). The van der Waals surface area contributed by atoms with Gasteiger partial charge in [-0.3, -0.25) is 9.89 Å². The van der Waals surface area contributed by atoms with E-state index >= 15 is 0 Å². The van der Waals surface area contributed by atoms with Crippen LogP contribution in [0.15, 0.2) is 59.6 Å². The van der Waals surface area contributed by atoms with Crippen LogP contribution in [0.4, 0.5) is 0 Å². The second-order valence-electron chi connectivity index (χ2n) is 7.98. The third-order valence-corrected chi connectivity index (χ3v) is 5.64. The van der Waals surface area contributed by atoms with Crippen molar-refractivity contribution in [1.82, 2.24) is 15.5 Å². The van der Waals surface area contributed by atoms with Crippen molar-refractivity contribution in [2.75, 3.05) is 39.8 Å². The van der Waals surface area contributed by atoms with E-state index in [0.29, 0.717) is 13.0 Å². The van der Waals surface area contributed by atoms with Crippen LogP contribution in [0.3, 0.4) is 0 Å². The van der Waals surface area contributed by atoms with Crippen molar-refractivity contribution in [1.29, 1.82) is 0 Å². The Hall–Kier alpha value is -2.57. The number of aliphatic hydroxyl groups excluding tert-OH is 1. The highest BCUT2D eigenvalue weighted by Crippen LogP contribution is 2.27. The first-order valence-corrected chi connectivity index (χ1v) is 11.3. The zero-order valence-corrected chi connectivity index (χ0v) is 18.8. The Kier molecular flexibility index (Phi) is 9.18. The van der Waals surface area contributed by atoms with Gasteiger partial charge >= 0.3 is 0 Å². The van der Waals surface area contributed by atoms with Gasteiger partial charge in [-0.2, -0.15) is 0 Å². The summed E-state index contributed by atoms with van der Waals surface area (Å²) in [6, 6.07) is 18.6. The Morgan fingerprint density at radius 1 is 1.10 bits per heavy atom. The molecule has 6 heteroatoms. The third-order valence-electron chi connectivity index (χ3n) is 5.64. The molecule has 2 aromatic rings. The molecule has 2 unspecified atom stereocenters. The molecule has 2 atom stereocenters. The molecule has 1 aliphatic heterocycles. The average Bonchev–Trinajstić information content (AvgIpc) is 3.33. The van der Waals surface area contributed by atoms with E-state index in [-0.39, 0.29) is 6.04 Å². The summed E-state index contributed by atoms with van der Waals surface area (Å²) in [4.78, 5) is 7.16. The highest BCUT2D eigenvalue weighted by Gasteiger charge is 2.24. The topological polar surface area (TPSA) is 69.1 Å². The van der Waals surface area contributed by atoms with E-state index < -0.39 is 6.10 Å². The van der Waals surface area contributed by atoms with Crippen LogP contribution in [0.2, 0.25) is 0 Å².